The minimum Gasteiger partial charge on any atom is -0.328 e. The van der Waals surface area contributed by atoms with E-state index in [-0.39, 0.29) is 11.5 Å². The number of rotatable bonds is 3. The van der Waals surface area contributed by atoms with Crippen molar-refractivity contribution in [1.82, 2.24) is 19.3 Å². The van der Waals surface area contributed by atoms with Gasteiger partial charge in [0.15, 0.2) is 20.3 Å². The monoisotopic (exact) mass is 328 g/mol. The van der Waals surface area contributed by atoms with Gasteiger partial charge in [0.05, 0.1) is 22.7 Å². The number of aromatic amines is 1. The summed E-state index contributed by atoms with van der Waals surface area (Å²) in [5.74, 6) is 0.354. The van der Waals surface area contributed by atoms with E-state index in [1.165, 1.54) is 0 Å². The lowest BCUT2D eigenvalue weighted by Crippen LogP contribution is -2.32. The molecule has 1 aliphatic rings. The molecule has 1 atom stereocenters. The van der Waals surface area contributed by atoms with Gasteiger partial charge in [0.2, 0.25) is 0 Å². The van der Waals surface area contributed by atoms with Crippen LogP contribution in [0.25, 0.3) is 11.2 Å². The molecular formula is C13H20N4O2S2. The molecule has 21 heavy (non-hydrogen) atoms. The third-order valence-electron chi connectivity index (χ3n) is 4.25. The van der Waals surface area contributed by atoms with Gasteiger partial charge in [0.1, 0.15) is 5.52 Å². The van der Waals surface area contributed by atoms with Crippen LogP contribution in [0.3, 0.4) is 0 Å². The number of sulfone groups is 1. The Kier molecular flexibility index (Phi) is 3.29. The Hall–Kier alpha value is -1.15. The topological polar surface area (TPSA) is 72.7 Å². The molecular weight excluding hydrogens is 308 g/mol. The number of hydrogen-bond acceptors (Lipinski definition) is 4. The van der Waals surface area contributed by atoms with E-state index in [2.05, 4.69) is 17.0 Å². The van der Waals surface area contributed by atoms with Crippen LogP contribution < -0.4 is 0 Å². The number of nitrogens with zero attached hydrogens (tertiary/aromatic N) is 3. The van der Waals surface area contributed by atoms with Crippen molar-refractivity contribution in [1.29, 1.82) is 0 Å². The molecule has 0 spiro atoms. The van der Waals surface area contributed by atoms with E-state index < -0.39 is 15.4 Å². The number of aromatic nitrogens is 4. The van der Waals surface area contributed by atoms with Gasteiger partial charge in [-0.2, -0.15) is 5.10 Å². The molecule has 2 aromatic heterocycles. The smallest absolute Gasteiger partial charge is 0.179 e. The Bertz CT molecular complexity index is 859. The first-order chi connectivity index (χ1) is 9.77. The third-order valence-corrected chi connectivity index (χ3v) is 6.42. The lowest BCUT2D eigenvalue weighted by atomic mass is 10.0. The first-order valence-electron chi connectivity index (χ1n) is 7.15. The van der Waals surface area contributed by atoms with Gasteiger partial charge in [-0.3, -0.25) is 9.25 Å². The fourth-order valence-electron chi connectivity index (χ4n) is 3.30. The van der Waals surface area contributed by atoms with E-state index in [1.54, 1.807) is 0 Å². The van der Waals surface area contributed by atoms with Crippen molar-refractivity contribution < 1.29 is 8.42 Å². The van der Waals surface area contributed by atoms with E-state index in [4.69, 9.17) is 12.2 Å². The summed E-state index contributed by atoms with van der Waals surface area (Å²) < 4.78 is 28.1. The quantitative estimate of drug-likeness (QED) is 0.874. The van der Waals surface area contributed by atoms with Crippen LogP contribution in [0.1, 0.15) is 32.4 Å². The summed E-state index contributed by atoms with van der Waals surface area (Å²) in [6, 6.07) is 0. The molecule has 1 N–H and O–H groups in total. The van der Waals surface area contributed by atoms with Gasteiger partial charge in [-0.1, -0.05) is 13.3 Å². The molecule has 1 fully saturated rings. The Morgan fingerprint density at radius 2 is 2.19 bits per heavy atom. The van der Waals surface area contributed by atoms with Crippen molar-refractivity contribution in [3.8, 4) is 0 Å². The van der Waals surface area contributed by atoms with Gasteiger partial charge >= 0.3 is 0 Å². The maximum atomic E-state index is 11.9. The lowest BCUT2D eigenvalue weighted by molar-refractivity contribution is 0.366. The fourth-order valence-corrected chi connectivity index (χ4v) is 5.82. The van der Waals surface area contributed by atoms with E-state index in [0.29, 0.717) is 11.2 Å². The molecule has 0 saturated carbocycles. The van der Waals surface area contributed by atoms with E-state index in [1.807, 2.05) is 23.2 Å². The molecule has 1 aliphatic heterocycles. The van der Waals surface area contributed by atoms with Gasteiger partial charge < -0.3 is 4.98 Å². The third kappa shape index (κ3) is 2.24. The standard InChI is InChI=1S/C13H20N4O2S2/c1-4-5-9-10-11(16(3)15-9)17(12(20)14-10)13(2)6-7-21(18,19)8-13/h4-8H2,1-3H3,(H,14,20). The summed E-state index contributed by atoms with van der Waals surface area (Å²) in [5, 5.41) is 4.55. The Balaban J connectivity index is 2.24. The van der Waals surface area contributed by atoms with Crippen LogP contribution in [0.2, 0.25) is 0 Å². The second kappa shape index (κ2) is 4.67. The number of fused-ring (bicyclic) bond motifs is 1. The fraction of sp³-hybridized carbons (Fsp3) is 0.692. The summed E-state index contributed by atoms with van der Waals surface area (Å²) in [7, 11) is -1.11. The lowest BCUT2D eigenvalue weighted by Gasteiger charge is -2.24. The molecule has 116 valence electrons. The first kappa shape index (κ1) is 14.8. The molecule has 1 unspecified atom stereocenters. The van der Waals surface area contributed by atoms with Crippen molar-refractivity contribution in [2.75, 3.05) is 11.5 Å². The van der Waals surface area contributed by atoms with Crippen molar-refractivity contribution in [3.63, 3.8) is 0 Å². The molecule has 0 radical (unpaired) electrons. The van der Waals surface area contributed by atoms with E-state index in [9.17, 15) is 8.42 Å². The van der Waals surface area contributed by atoms with Gasteiger partial charge in [0, 0.05) is 7.05 Å². The summed E-state index contributed by atoms with van der Waals surface area (Å²) in [4.78, 5) is 3.23. The van der Waals surface area contributed by atoms with Crippen LogP contribution in [-0.4, -0.2) is 39.3 Å². The number of aryl methyl sites for hydroxylation is 2. The van der Waals surface area contributed by atoms with Crippen LogP contribution in [0.5, 0.6) is 0 Å². The molecule has 0 amide bonds. The minimum atomic E-state index is -2.99. The van der Waals surface area contributed by atoms with Gasteiger partial charge in [-0.15, -0.1) is 0 Å². The predicted molar refractivity (Wildman–Crippen MR) is 84.8 cm³/mol. The summed E-state index contributed by atoms with van der Waals surface area (Å²) in [6.45, 7) is 4.07. The normalized spacial score (nSPS) is 24.9. The molecule has 2 aromatic rings. The zero-order chi connectivity index (χ0) is 15.4. The number of hydrogen-bond donors (Lipinski definition) is 1. The van der Waals surface area contributed by atoms with E-state index in [0.717, 1.165) is 29.7 Å². The molecule has 6 nitrogen and oxygen atoms in total. The zero-order valence-electron chi connectivity index (χ0n) is 12.5. The van der Waals surface area contributed by atoms with E-state index >= 15 is 0 Å². The maximum Gasteiger partial charge on any atom is 0.179 e. The second-order valence-corrected chi connectivity index (χ2v) is 8.69. The molecule has 8 heteroatoms. The minimum absolute atomic E-state index is 0.134. The highest BCUT2D eigenvalue weighted by Crippen LogP contribution is 2.34. The summed E-state index contributed by atoms with van der Waals surface area (Å²) in [6.07, 6.45) is 2.47. The Morgan fingerprint density at radius 3 is 2.76 bits per heavy atom. The van der Waals surface area contributed by atoms with Crippen LogP contribution in [0.4, 0.5) is 0 Å². The van der Waals surface area contributed by atoms with Gasteiger partial charge in [-0.05, 0) is 32.0 Å². The molecule has 3 heterocycles. The summed E-state index contributed by atoms with van der Waals surface area (Å²) in [5.41, 5.74) is 2.33. The van der Waals surface area contributed by atoms with Gasteiger partial charge in [0.25, 0.3) is 0 Å². The highest BCUT2D eigenvalue weighted by atomic mass is 32.2. The molecule has 0 bridgehead atoms. The molecule has 3 rings (SSSR count). The first-order valence-corrected chi connectivity index (χ1v) is 9.38. The number of nitrogens with one attached hydrogen (secondary N) is 1. The predicted octanol–water partition coefficient (Wildman–Crippen LogP) is 1.92. The summed E-state index contributed by atoms with van der Waals surface area (Å²) >= 11 is 5.46. The molecule has 1 saturated heterocycles. The Morgan fingerprint density at radius 1 is 1.48 bits per heavy atom. The van der Waals surface area contributed by atoms with Crippen LogP contribution in [0, 0.1) is 4.77 Å². The van der Waals surface area contributed by atoms with Gasteiger partial charge in [-0.25, -0.2) is 8.42 Å². The number of H-pyrrole nitrogens is 1. The van der Waals surface area contributed by atoms with Crippen molar-refractivity contribution in [2.24, 2.45) is 7.05 Å². The van der Waals surface area contributed by atoms with Crippen molar-refractivity contribution in [3.05, 3.63) is 10.5 Å². The maximum absolute atomic E-state index is 11.9. The average Bonchev–Trinajstić information content (AvgIpc) is 2.95. The van der Waals surface area contributed by atoms with Crippen molar-refractivity contribution >= 4 is 33.2 Å². The van der Waals surface area contributed by atoms with Crippen LogP contribution in [-0.2, 0) is 28.8 Å². The average molecular weight is 328 g/mol. The largest absolute Gasteiger partial charge is 0.328 e. The highest BCUT2D eigenvalue weighted by molar-refractivity contribution is 7.91. The SMILES string of the molecule is CCCc1nn(C)c2c1[nH]c(=S)n2C1(C)CCS(=O)(=O)C1. The zero-order valence-corrected chi connectivity index (χ0v) is 14.1. The Labute approximate surface area is 129 Å². The number of imidazole rings is 1. The molecule has 0 aliphatic carbocycles. The van der Waals surface area contributed by atoms with Crippen LogP contribution >= 0.6 is 12.2 Å². The molecule has 0 aromatic carbocycles. The highest BCUT2D eigenvalue weighted by Gasteiger charge is 2.41. The second-order valence-electron chi connectivity index (χ2n) is 6.12. The van der Waals surface area contributed by atoms with Crippen molar-refractivity contribution in [2.45, 2.75) is 38.6 Å². The van der Waals surface area contributed by atoms with Crippen LogP contribution in [0.15, 0.2) is 0 Å².